The third-order valence-corrected chi connectivity index (χ3v) is 4.01. The maximum Gasteiger partial charge on any atom is 0.416 e. The molecule has 2 atom stereocenters. The van der Waals surface area contributed by atoms with E-state index in [1.165, 1.54) is 18.6 Å². The van der Waals surface area contributed by atoms with E-state index in [1.807, 2.05) is 0 Å². The van der Waals surface area contributed by atoms with E-state index in [9.17, 15) is 13.2 Å². The van der Waals surface area contributed by atoms with Crippen molar-refractivity contribution in [1.82, 2.24) is 4.90 Å². The van der Waals surface area contributed by atoms with Gasteiger partial charge in [0.2, 0.25) is 0 Å². The molecule has 0 spiro atoms. The van der Waals surface area contributed by atoms with Crippen LogP contribution < -0.4 is 5.73 Å². The minimum atomic E-state index is -4.31. The van der Waals surface area contributed by atoms with E-state index in [2.05, 4.69) is 11.8 Å². The summed E-state index contributed by atoms with van der Waals surface area (Å²) < 4.78 is 38.1. The molecule has 0 radical (unpaired) electrons. The Balaban J connectivity index is 2.07. The topological polar surface area (TPSA) is 29.3 Å². The zero-order valence-electron chi connectivity index (χ0n) is 11.7. The maximum absolute atomic E-state index is 12.7. The van der Waals surface area contributed by atoms with Crippen molar-refractivity contribution in [3.05, 3.63) is 35.4 Å². The normalized spacial score (nSPS) is 22.8. The number of hydrogen-bond donors (Lipinski definition) is 1. The summed E-state index contributed by atoms with van der Waals surface area (Å²) >= 11 is 0. The summed E-state index contributed by atoms with van der Waals surface area (Å²) in [6, 6.07) is 5.43. The van der Waals surface area contributed by atoms with Gasteiger partial charge in [-0.1, -0.05) is 18.6 Å². The van der Waals surface area contributed by atoms with Gasteiger partial charge in [0, 0.05) is 18.6 Å². The van der Waals surface area contributed by atoms with Crippen molar-refractivity contribution < 1.29 is 13.2 Å². The molecule has 5 heteroatoms. The average molecular weight is 286 g/mol. The highest BCUT2D eigenvalue weighted by molar-refractivity contribution is 5.28. The summed E-state index contributed by atoms with van der Waals surface area (Å²) in [5.74, 6) is 0. The van der Waals surface area contributed by atoms with Crippen molar-refractivity contribution in [2.75, 3.05) is 13.1 Å². The second kappa shape index (κ2) is 6.14. The summed E-state index contributed by atoms with van der Waals surface area (Å²) in [6.07, 6.45) is -0.820. The van der Waals surface area contributed by atoms with Gasteiger partial charge in [-0.05, 0) is 44.0 Å². The van der Waals surface area contributed by atoms with E-state index >= 15 is 0 Å². The summed E-state index contributed by atoms with van der Waals surface area (Å²) in [5, 5.41) is 0. The molecule has 0 bridgehead atoms. The van der Waals surface area contributed by atoms with Gasteiger partial charge in [0.25, 0.3) is 0 Å². The van der Waals surface area contributed by atoms with Crippen molar-refractivity contribution in [1.29, 1.82) is 0 Å². The average Bonchev–Trinajstić information content (AvgIpc) is 2.40. The summed E-state index contributed by atoms with van der Waals surface area (Å²) in [7, 11) is 0. The fourth-order valence-corrected chi connectivity index (χ4v) is 2.73. The van der Waals surface area contributed by atoms with Gasteiger partial charge >= 0.3 is 6.18 Å². The van der Waals surface area contributed by atoms with Crippen LogP contribution >= 0.6 is 0 Å². The van der Waals surface area contributed by atoms with Crippen LogP contribution in [0, 0.1) is 0 Å². The van der Waals surface area contributed by atoms with Gasteiger partial charge in [0.15, 0.2) is 0 Å². The second-order valence-electron chi connectivity index (χ2n) is 5.57. The van der Waals surface area contributed by atoms with Crippen molar-refractivity contribution >= 4 is 0 Å². The number of piperidine rings is 1. The van der Waals surface area contributed by atoms with E-state index in [4.69, 9.17) is 5.73 Å². The zero-order chi connectivity index (χ0) is 14.8. The first-order chi connectivity index (χ1) is 9.38. The summed E-state index contributed by atoms with van der Waals surface area (Å²) in [5.41, 5.74) is 6.02. The lowest BCUT2D eigenvalue weighted by Crippen LogP contribution is -2.41. The van der Waals surface area contributed by atoms with E-state index in [1.54, 1.807) is 6.07 Å². The lowest BCUT2D eigenvalue weighted by Gasteiger charge is -2.35. The Kier molecular flexibility index (Phi) is 4.70. The molecular formula is C15H21F3N2. The number of rotatable bonds is 3. The number of nitrogens with two attached hydrogens (primary N) is 1. The Labute approximate surface area is 117 Å². The fraction of sp³-hybridized carbons (Fsp3) is 0.600. The van der Waals surface area contributed by atoms with Gasteiger partial charge in [-0.15, -0.1) is 0 Å². The second-order valence-corrected chi connectivity index (χ2v) is 5.57. The smallest absolute Gasteiger partial charge is 0.323 e. The van der Waals surface area contributed by atoms with Gasteiger partial charge < -0.3 is 5.73 Å². The van der Waals surface area contributed by atoms with E-state index in [-0.39, 0.29) is 6.04 Å². The number of likely N-dealkylation sites (tertiary alicyclic amines) is 1. The molecule has 1 aliphatic heterocycles. The van der Waals surface area contributed by atoms with Gasteiger partial charge in [-0.3, -0.25) is 4.90 Å². The third kappa shape index (κ3) is 3.73. The van der Waals surface area contributed by atoms with Crippen LogP contribution in [0.15, 0.2) is 24.3 Å². The highest BCUT2D eigenvalue weighted by Gasteiger charge is 2.31. The SMILES string of the molecule is CC1CCCCN1CC(N)c1cccc(C(F)(F)F)c1. The van der Waals surface area contributed by atoms with Crippen LogP contribution in [0.3, 0.4) is 0 Å². The third-order valence-electron chi connectivity index (χ3n) is 4.01. The molecule has 2 N–H and O–H groups in total. The van der Waals surface area contributed by atoms with E-state index in [0.717, 1.165) is 25.5 Å². The standard InChI is InChI=1S/C15H21F3N2/c1-11-5-2-3-8-20(11)10-14(19)12-6-4-7-13(9-12)15(16,17)18/h4,6-7,9,11,14H,2-3,5,8,10,19H2,1H3. The van der Waals surface area contributed by atoms with E-state index in [0.29, 0.717) is 18.2 Å². The van der Waals surface area contributed by atoms with Crippen LogP contribution in [0.5, 0.6) is 0 Å². The van der Waals surface area contributed by atoms with Crippen molar-refractivity contribution in [2.24, 2.45) is 5.73 Å². The largest absolute Gasteiger partial charge is 0.416 e. The minimum absolute atomic E-state index is 0.377. The number of benzene rings is 1. The molecule has 1 saturated heterocycles. The molecule has 20 heavy (non-hydrogen) atoms. The van der Waals surface area contributed by atoms with Crippen LogP contribution in [0.25, 0.3) is 0 Å². The lowest BCUT2D eigenvalue weighted by molar-refractivity contribution is -0.137. The van der Waals surface area contributed by atoms with Gasteiger partial charge in [0.1, 0.15) is 0 Å². The predicted octanol–water partition coefficient (Wildman–Crippen LogP) is 3.58. The molecule has 2 nitrogen and oxygen atoms in total. The number of hydrogen-bond acceptors (Lipinski definition) is 2. The summed E-state index contributed by atoms with van der Waals surface area (Å²) in [6.45, 7) is 3.74. The minimum Gasteiger partial charge on any atom is -0.323 e. The first-order valence-corrected chi connectivity index (χ1v) is 7.04. The molecule has 1 fully saturated rings. The van der Waals surface area contributed by atoms with Crippen LogP contribution in [-0.4, -0.2) is 24.0 Å². The predicted molar refractivity (Wildman–Crippen MR) is 73.3 cm³/mol. The molecule has 0 saturated carbocycles. The van der Waals surface area contributed by atoms with Crippen molar-refractivity contribution in [3.8, 4) is 0 Å². The van der Waals surface area contributed by atoms with E-state index < -0.39 is 11.7 Å². The fourth-order valence-electron chi connectivity index (χ4n) is 2.73. The number of nitrogens with zero attached hydrogens (tertiary/aromatic N) is 1. The van der Waals surface area contributed by atoms with Crippen LogP contribution in [0.2, 0.25) is 0 Å². The van der Waals surface area contributed by atoms with Crippen LogP contribution in [0.4, 0.5) is 13.2 Å². The molecule has 1 aromatic carbocycles. The summed E-state index contributed by atoms with van der Waals surface area (Å²) in [4.78, 5) is 2.27. The molecule has 0 amide bonds. The van der Waals surface area contributed by atoms with Gasteiger partial charge in [-0.25, -0.2) is 0 Å². The first-order valence-electron chi connectivity index (χ1n) is 7.04. The molecule has 112 valence electrons. The highest BCUT2D eigenvalue weighted by Crippen LogP contribution is 2.30. The van der Waals surface area contributed by atoms with Crippen molar-refractivity contribution in [3.63, 3.8) is 0 Å². The Bertz CT molecular complexity index is 445. The highest BCUT2D eigenvalue weighted by atomic mass is 19.4. The van der Waals surface area contributed by atoms with Crippen LogP contribution in [-0.2, 0) is 6.18 Å². The quantitative estimate of drug-likeness (QED) is 0.920. The molecule has 2 rings (SSSR count). The number of alkyl halides is 3. The molecule has 1 heterocycles. The molecule has 1 aliphatic rings. The zero-order valence-corrected chi connectivity index (χ0v) is 11.7. The Hall–Kier alpha value is -1.07. The molecular weight excluding hydrogens is 265 g/mol. The van der Waals surface area contributed by atoms with Crippen LogP contribution in [0.1, 0.15) is 43.4 Å². The molecule has 2 unspecified atom stereocenters. The van der Waals surface area contributed by atoms with Gasteiger partial charge in [-0.2, -0.15) is 13.2 Å². The number of halogens is 3. The monoisotopic (exact) mass is 286 g/mol. The Morgan fingerprint density at radius 1 is 1.35 bits per heavy atom. The molecule has 1 aromatic rings. The van der Waals surface area contributed by atoms with Gasteiger partial charge in [0.05, 0.1) is 5.56 Å². The Morgan fingerprint density at radius 2 is 2.10 bits per heavy atom. The lowest BCUT2D eigenvalue weighted by atomic mass is 10.00. The molecule has 0 aliphatic carbocycles. The first kappa shape index (κ1) is 15.3. The van der Waals surface area contributed by atoms with Crippen molar-refractivity contribution in [2.45, 2.75) is 44.4 Å². The maximum atomic E-state index is 12.7. The Morgan fingerprint density at radius 3 is 2.75 bits per heavy atom. The molecule has 0 aromatic heterocycles.